The fourth-order valence-corrected chi connectivity index (χ4v) is 2.37. The van der Waals surface area contributed by atoms with Crippen molar-refractivity contribution in [1.82, 2.24) is 9.78 Å². The molecule has 3 heteroatoms. The highest BCUT2D eigenvalue weighted by Crippen LogP contribution is 2.30. The van der Waals surface area contributed by atoms with Crippen LogP contribution >= 0.6 is 0 Å². The number of nitrogens with zero attached hydrogens (tertiary/aromatic N) is 2. The third-order valence-electron chi connectivity index (χ3n) is 3.41. The third kappa shape index (κ3) is 2.30. The largest absolute Gasteiger partial charge is 0.857 e. The van der Waals surface area contributed by atoms with Crippen LogP contribution in [0, 0.1) is 6.92 Å². The number of hydrogen-bond acceptors (Lipinski definition) is 2. The molecule has 0 aliphatic carbocycles. The Balaban J connectivity index is 1.99. The van der Waals surface area contributed by atoms with Crippen LogP contribution in [0.3, 0.4) is 0 Å². The van der Waals surface area contributed by atoms with Crippen molar-refractivity contribution in [3.8, 4) is 17.0 Å². The lowest BCUT2D eigenvalue weighted by Crippen LogP contribution is -2.04. The zero-order valence-electron chi connectivity index (χ0n) is 11.3. The normalized spacial score (nSPS) is 10.7. The van der Waals surface area contributed by atoms with Gasteiger partial charge in [-0.15, -0.1) is 0 Å². The lowest BCUT2D eigenvalue weighted by atomic mass is 10.1. The maximum atomic E-state index is 12.1. The monoisotopic (exact) mass is 263 g/mol. The second-order valence-corrected chi connectivity index (χ2v) is 4.77. The van der Waals surface area contributed by atoms with Gasteiger partial charge < -0.3 is 5.11 Å². The van der Waals surface area contributed by atoms with E-state index in [1.54, 1.807) is 4.68 Å². The molecule has 100 valence electrons. The highest BCUT2D eigenvalue weighted by Gasteiger charge is 2.10. The second-order valence-electron chi connectivity index (χ2n) is 4.77. The van der Waals surface area contributed by atoms with Crippen LogP contribution in [0.4, 0.5) is 0 Å². The number of rotatable bonds is 3. The van der Waals surface area contributed by atoms with Gasteiger partial charge in [-0.25, -0.2) is 0 Å². The van der Waals surface area contributed by atoms with Crippen LogP contribution in [0.15, 0.2) is 60.7 Å². The maximum absolute atomic E-state index is 12.1. The molecule has 0 atom stereocenters. The van der Waals surface area contributed by atoms with Crippen molar-refractivity contribution in [2.24, 2.45) is 0 Å². The zero-order valence-corrected chi connectivity index (χ0v) is 11.3. The van der Waals surface area contributed by atoms with Gasteiger partial charge in [0, 0.05) is 17.1 Å². The molecule has 20 heavy (non-hydrogen) atoms. The molecule has 0 fully saturated rings. The average molecular weight is 263 g/mol. The molecule has 0 aliphatic heterocycles. The topological polar surface area (TPSA) is 40.9 Å². The average Bonchev–Trinajstić information content (AvgIpc) is 2.75. The number of benzene rings is 2. The van der Waals surface area contributed by atoms with E-state index in [-0.39, 0.29) is 5.88 Å². The van der Waals surface area contributed by atoms with Crippen LogP contribution in [0.2, 0.25) is 0 Å². The molecule has 2 aromatic carbocycles. The minimum absolute atomic E-state index is 0.162. The molecule has 0 saturated heterocycles. The van der Waals surface area contributed by atoms with E-state index >= 15 is 0 Å². The molecule has 0 bridgehead atoms. The second kappa shape index (κ2) is 5.21. The van der Waals surface area contributed by atoms with E-state index in [9.17, 15) is 5.11 Å². The Morgan fingerprint density at radius 1 is 0.950 bits per heavy atom. The van der Waals surface area contributed by atoms with Crippen LogP contribution in [0.1, 0.15) is 11.3 Å². The summed E-state index contributed by atoms with van der Waals surface area (Å²) in [6, 6.07) is 19.7. The van der Waals surface area contributed by atoms with Crippen molar-refractivity contribution >= 4 is 0 Å². The molecular formula is C17H15N2O-. The Hall–Kier alpha value is -2.55. The Morgan fingerprint density at radius 3 is 2.20 bits per heavy atom. The maximum Gasteiger partial charge on any atom is 0.0662 e. The van der Waals surface area contributed by atoms with Gasteiger partial charge in [-0.3, -0.25) is 4.68 Å². The van der Waals surface area contributed by atoms with Gasteiger partial charge in [-0.2, -0.15) is 5.10 Å². The van der Waals surface area contributed by atoms with E-state index in [4.69, 9.17) is 0 Å². The molecule has 3 nitrogen and oxygen atoms in total. The summed E-state index contributed by atoms with van der Waals surface area (Å²) in [5.74, 6) is -0.162. The van der Waals surface area contributed by atoms with E-state index in [2.05, 4.69) is 5.10 Å². The van der Waals surface area contributed by atoms with Gasteiger partial charge in [0.2, 0.25) is 0 Å². The minimum Gasteiger partial charge on any atom is -0.857 e. The van der Waals surface area contributed by atoms with Crippen molar-refractivity contribution in [3.05, 3.63) is 71.9 Å². The molecule has 0 aliphatic rings. The molecule has 3 rings (SSSR count). The summed E-state index contributed by atoms with van der Waals surface area (Å²) in [5, 5.41) is 16.3. The van der Waals surface area contributed by atoms with Crippen LogP contribution in [0.5, 0.6) is 5.88 Å². The van der Waals surface area contributed by atoms with Crippen LogP contribution in [-0.4, -0.2) is 9.78 Å². The Kier molecular flexibility index (Phi) is 3.25. The first-order chi connectivity index (χ1) is 9.75. The zero-order chi connectivity index (χ0) is 13.9. The lowest BCUT2D eigenvalue weighted by Gasteiger charge is -2.07. The Labute approximate surface area is 118 Å². The quantitative estimate of drug-likeness (QED) is 0.729. The highest BCUT2D eigenvalue weighted by atomic mass is 16.3. The van der Waals surface area contributed by atoms with Gasteiger partial charge in [0.05, 0.1) is 6.54 Å². The van der Waals surface area contributed by atoms with E-state index in [0.29, 0.717) is 12.1 Å². The van der Waals surface area contributed by atoms with Crippen LogP contribution in [0.25, 0.3) is 11.1 Å². The highest BCUT2D eigenvalue weighted by molar-refractivity contribution is 5.70. The number of aromatic nitrogens is 2. The molecule has 1 aromatic heterocycles. The van der Waals surface area contributed by atoms with E-state index in [0.717, 1.165) is 16.8 Å². The predicted molar refractivity (Wildman–Crippen MR) is 77.4 cm³/mol. The molecular weight excluding hydrogens is 248 g/mol. The first kappa shape index (κ1) is 12.5. The van der Waals surface area contributed by atoms with E-state index < -0.39 is 0 Å². The molecule has 0 saturated carbocycles. The predicted octanol–water partition coefficient (Wildman–Crippen LogP) is 2.98. The summed E-state index contributed by atoms with van der Waals surface area (Å²) in [6.45, 7) is 2.56. The summed E-state index contributed by atoms with van der Waals surface area (Å²) in [4.78, 5) is 0. The summed E-state index contributed by atoms with van der Waals surface area (Å²) < 4.78 is 1.78. The first-order valence-corrected chi connectivity index (χ1v) is 6.59. The minimum atomic E-state index is -0.162. The van der Waals surface area contributed by atoms with E-state index in [1.165, 1.54) is 0 Å². The summed E-state index contributed by atoms with van der Waals surface area (Å²) in [6.07, 6.45) is 0. The smallest absolute Gasteiger partial charge is 0.0662 e. The van der Waals surface area contributed by atoms with Crippen molar-refractivity contribution < 1.29 is 5.11 Å². The van der Waals surface area contributed by atoms with Crippen molar-refractivity contribution in [2.45, 2.75) is 13.5 Å². The third-order valence-corrected chi connectivity index (χ3v) is 3.41. The molecule has 0 spiro atoms. The summed E-state index contributed by atoms with van der Waals surface area (Å²) in [7, 11) is 0. The van der Waals surface area contributed by atoms with Crippen molar-refractivity contribution in [2.75, 3.05) is 0 Å². The molecule has 0 N–H and O–H groups in total. The van der Waals surface area contributed by atoms with Crippen LogP contribution in [-0.2, 0) is 6.54 Å². The van der Waals surface area contributed by atoms with Gasteiger partial charge >= 0.3 is 0 Å². The standard InChI is InChI=1S/C17H16N2O/c1-13-16(15-10-6-3-7-11-15)17(20)18-19(13)12-14-8-4-2-5-9-14/h2-11H,12H2,1H3,(H,18,20)/p-1. The molecule has 0 amide bonds. The van der Waals surface area contributed by atoms with Gasteiger partial charge in [0.1, 0.15) is 0 Å². The van der Waals surface area contributed by atoms with Gasteiger partial charge in [0.15, 0.2) is 0 Å². The molecule has 1 heterocycles. The van der Waals surface area contributed by atoms with E-state index in [1.807, 2.05) is 67.6 Å². The van der Waals surface area contributed by atoms with Crippen LogP contribution < -0.4 is 5.11 Å². The molecule has 0 unspecified atom stereocenters. The van der Waals surface area contributed by atoms with Gasteiger partial charge in [-0.05, 0) is 18.1 Å². The van der Waals surface area contributed by atoms with Crippen molar-refractivity contribution in [3.63, 3.8) is 0 Å². The summed E-state index contributed by atoms with van der Waals surface area (Å²) in [5.41, 5.74) is 3.67. The Bertz CT molecular complexity index is 703. The fourth-order valence-electron chi connectivity index (χ4n) is 2.37. The Morgan fingerprint density at radius 2 is 1.55 bits per heavy atom. The lowest BCUT2D eigenvalue weighted by molar-refractivity contribution is -0.274. The SMILES string of the molecule is Cc1c(-c2ccccc2)c([O-])nn1Cc1ccccc1. The van der Waals surface area contributed by atoms with Crippen molar-refractivity contribution in [1.29, 1.82) is 0 Å². The fraction of sp³-hybridized carbons (Fsp3) is 0.118. The molecule has 0 radical (unpaired) electrons. The number of hydrogen-bond donors (Lipinski definition) is 0. The first-order valence-electron chi connectivity index (χ1n) is 6.59. The van der Waals surface area contributed by atoms with Gasteiger partial charge in [0.25, 0.3) is 0 Å². The summed E-state index contributed by atoms with van der Waals surface area (Å²) >= 11 is 0. The molecule has 3 aromatic rings. The van der Waals surface area contributed by atoms with Gasteiger partial charge in [-0.1, -0.05) is 60.7 Å².